The van der Waals surface area contributed by atoms with Crippen molar-refractivity contribution in [3.63, 3.8) is 0 Å². The molecule has 0 bridgehead atoms. The Morgan fingerprint density at radius 3 is 2.70 bits per heavy atom. The highest BCUT2D eigenvalue weighted by atomic mass is 16.7. The van der Waals surface area contributed by atoms with Crippen molar-refractivity contribution >= 4 is 11.8 Å². The number of rotatable bonds is 7. The van der Waals surface area contributed by atoms with Gasteiger partial charge in [0.05, 0.1) is 6.33 Å². The minimum atomic E-state index is 0.251. The number of aryl methyl sites for hydroxylation is 1. The van der Waals surface area contributed by atoms with Gasteiger partial charge in [-0.1, -0.05) is 11.2 Å². The Hall–Kier alpha value is -4.08. The zero-order valence-electron chi connectivity index (χ0n) is 16.2. The van der Waals surface area contributed by atoms with E-state index in [4.69, 9.17) is 13.9 Å². The van der Waals surface area contributed by atoms with Crippen LogP contribution >= 0.6 is 0 Å². The molecule has 0 fully saturated rings. The van der Waals surface area contributed by atoms with Crippen LogP contribution < -0.4 is 20.1 Å². The van der Waals surface area contributed by atoms with Crippen LogP contribution in [0.3, 0.4) is 0 Å². The molecule has 0 spiro atoms. The summed E-state index contributed by atoms with van der Waals surface area (Å²) in [6.45, 7) is 1.37. The van der Waals surface area contributed by atoms with Gasteiger partial charge in [0.2, 0.25) is 6.79 Å². The number of fused-ring (bicyclic) bond motifs is 1. The molecule has 1 aliphatic heterocycles. The van der Waals surface area contributed by atoms with Gasteiger partial charge >= 0.3 is 6.01 Å². The lowest BCUT2D eigenvalue weighted by molar-refractivity contribution is 0.174. The van der Waals surface area contributed by atoms with Crippen LogP contribution in [0, 0.1) is 0 Å². The summed E-state index contributed by atoms with van der Waals surface area (Å²) >= 11 is 0. The largest absolute Gasteiger partial charge is 0.454 e. The summed E-state index contributed by atoms with van der Waals surface area (Å²) in [5, 5.41) is 14.7. The standard InChI is InChI=1S/C20H19N7O3/c1-27-11-24-18(22-9-13-4-6-21-7-5-13)17(27)19-25-26-20(30-19)23-10-14-2-3-15-16(8-14)29-12-28-15/h2-8,11,22H,9-10,12H2,1H3,(H,23,26). The third-order valence-electron chi connectivity index (χ3n) is 4.65. The highest BCUT2D eigenvalue weighted by Gasteiger charge is 2.18. The van der Waals surface area contributed by atoms with Crippen molar-refractivity contribution in [1.82, 2.24) is 24.7 Å². The molecule has 5 rings (SSSR count). The number of hydrogen-bond acceptors (Lipinski definition) is 9. The lowest BCUT2D eigenvalue weighted by atomic mass is 10.2. The van der Waals surface area contributed by atoms with E-state index >= 15 is 0 Å². The number of benzene rings is 1. The van der Waals surface area contributed by atoms with Gasteiger partial charge in [-0.05, 0) is 35.4 Å². The molecule has 2 N–H and O–H groups in total. The first-order chi connectivity index (χ1) is 14.8. The van der Waals surface area contributed by atoms with Crippen LogP contribution in [0.5, 0.6) is 11.5 Å². The topological polar surface area (TPSA) is 112 Å². The number of anilines is 2. The van der Waals surface area contributed by atoms with Gasteiger partial charge in [-0.2, -0.15) is 0 Å². The fraction of sp³-hybridized carbons (Fsp3) is 0.200. The highest BCUT2D eigenvalue weighted by Crippen LogP contribution is 2.33. The fourth-order valence-electron chi connectivity index (χ4n) is 3.12. The molecule has 10 nitrogen and oxygen atoms in total. The van der Waals surface area contributed by atoms with E-state index < -0.39 is 0 Å². The third kappa shape index (κ3) is 3.62. The Labute approximate surface area is 171 Å². The number of pyridine rings is 1. The van der Waals surface area contributed by atoms with E-state index in [1.165, 1.54) is 0 Å². The number of hydrogen-bond donors (Lipinski definition) is 2. The molecule has 10 heteroatoms. The summed E-state index contributed by atoms with van der Waals surface area (Å²) in [6.07, 6.45) is 5.22. The van der Waals surface area contributed by atoms with Crippen molar-refractivity contribution in [3.8, 4) is 23.1 Å². The maximum Gasteiger partial charge on any atom is 0.316 e. The molecule has 0 unspecified atom stereocenters. The van der Waals surface area contributed by atoms with Gasteiger partial charge in [0.15, 0.2) is 17.3 Å². The lowest BCUT2D eigenvalue weighted by Gasteiger charge is -2.06. The van der Waals surface area contributed by atoms with Gasteiger partial charge in [-0.15, -0.1) is 5.10 Å². The molecule has 1 aliphatic rings. The molecule has 3 aromatic heterocycles. The smallest absolute Gasteiger partial charge is 0.316 e. The SMILES string of the molecule is Cn1cnc(NCc2ccncc2)c1-c1nnc(NCc2ccc3c(c2)OCO3)o1. The quantitative estimate of drug-likeness (QED) is 0.479. The zero-order chi connectivity index (χ0) is 20.3. The summed E-state index contributed by atoms with van der Waals surface area (Å²) < 4.78 is 18.4. The molecule has 152 valence electrons. The molecule has 0 amide bonds. The maximum atomic E-state index is 5.82. The third-order valence-corrected chi connectivity index (χ3v) is 4.65. The average Bonchev–Trinajstić information content (AvgIpc) is 3.51. The normalized spacial score (nSPS) is 12.2. The van der Waals surface area contributed by atoms with E-state index in [-0.39, 0.29) is 6.79 Å². The van der Waals surface area contributed by atoms with E-state index in [1.807, 2.05) is 41.9 Å². The van der Waals surface area contributed by atoms with Crippen LogP contribution in [-0.4, -0.2) is 31.5 Å². The predicted octanol–water partition coefficient (Wildman–Crippen LogP) is 2.82. The molecule has 0 atom stereocenters. The van der Waals surface area contributed by atoms with E-state index in [0.717, 1.165) is 22.6 Å². The van der Waals surface area contributed by atoms with Crippen molar-refractivity contribution < 1.29 is 13.9 Å². The van der Waals surface area contributed by atoms with Gasteiger partial charge in [-0.3, -0.25) is 4.98 Å². The number of ether oxygens (including phenoxy) is 2. The Bertz CT molecular complexity index is 1160. The van der Waals surface area contributed by atoms with E-state index in [0.29, 0.717) is 36.5 Å². The van der Waals surface area contributed by atoms with Crippen LogP contribution in [0.2, 0.25) is 0 Å². The number of nitrogens with one attached hydrogen (secondary N) is 2. The molecular formula is C20H19N7O3. The van der Waals surface area contributed by atoms with Crippen molar-refractivity contribution in [1.29, 1.82) is 0 Å². The summed E-state index contributed by atoms with van der Waals surface area (Å²) in [7, 11) is 1.88. The first-order valence-corrected chi connectivity index (χ1v) is 9.36. The predicted molar refractivity (Wildman–Crippen MR) is 108 cm³/mol. The van der Waals surface area contributed by atoms with Crippen LogP contribution in [0.1, 0.15) is 11.1 Å². The number of imidazole rings is 1. The average molecular weight is 405 g/mol. The number of aromatic nitrogens is 5. The van der Waals surface area contributed by atoms with Crippen LogP contribution in [0.4, 0.5) is 11.8 Å². The minimum Gasteiger partial charge on any atom is -0.454 e. The summed E-state index contributed by atoms with van der Waals surface area (Å²) in [6, 6.07) is 9.98. The Morgan fingerprint density at radius 1 is 0.967 bits per heavy atom. The van der Waals surface area contributed by atoms with Gasteiger partial charge < -0.3 is 29.1 Å². The summed E-state index contributed by atoms with van der Waals surface area (Å²) in [5.41, 5.74) is 2.82. The van der Waals surface area contributed by atoms with Crippen LogP contribution in [0.25, 0.3) is 11.6 Å². The molecule has 0 radical (unpaired) electrons. The molecule has 0 saturated carbocycles. The van der Waals surface area contributed by atoms with Gasteiger partial charge in [0.1, 0.15) is 5.69 Å². The zero-order valence-corrected chi connectivity index (χ0v) is 16.2. The first-order valence-electron chi connectivity index (χ1n) is 9.36. The Balaban J connectivity index is 1.28. The molecular weight excluding hydrogens is 386 g/mol. The van der Waals surface area contributed by atoms with Crippen LogP contribution in [-0.2, 0) is 20.1 Å². The minimum absolute atomic E-state index is 0.251. The molecule has 1 aromatic carbocycles. The van der Waals surface area contributed by atoms with E-state index in [9.17, 15) is 0 Å². The van der Waals surface area contributed by atoms with Gasteiger partial charge in [0, 0.05) is 32.5 Å². The molecule has 4 aromatic rings. The van der Waals surface area contributed by atoms with Crippen molar-refractivity contribution in [2.75, 3.05) is 17.4 Å². The number of nitrogens with zero attached hydrogens (tertiary/aromatic N) is 5. The summed E-state index contributed by atoms with van der Waals surface area (Å²) in [5.74, 6) is 2.53. The molecule has 0 aliphatic carbocycles. The Morgan fingerprint density at radius 2 is 1.80 bits per heavy atom. The molecule has 4 heterocycles. The lowest BCUT2D eigenvalue weighted by Crippen LogP contribution is -2.02. The highest BCUT2D eigenvalue weighted by molar-refractivity contribution is 5.65. The van der Waals surface area contributed by atoms with Crippen molar-refractivity contribution in [2.45, 2.75) is 13.1 Å². The van der Waals surface area contributed by atoms with Crippen molar-refractivity contribution in [3.05, 3.63) is 60.2 Å². The molecule has 30 heavy (non-hydrogen) atoms. The van der Waals surface area contributed by atoms with E-state index in [1.54, 1.807) is 18.7 Å². The first kappa shape index (κ1) is 18.0. The van der Waals surface area contributed by atoms with Crippen LogP contribution in [0.15, 0.2) is 53.5 Å². The van der Waals surface area contributed by atoms with E-state index in [2.05, 4.69) is 30.8 Å². The maximum absolute atomic E-state index is 5.82. The molecule has 0 saturated heterocycles. The Kier molecular flexibility index (Phi) is 4.64. The van der Waals surface area contributed by atoms with Gasteiger partial charge in [0.25, 0.3) is 5.89 Å². The second-order valence-electron chi connectivity index (χ2n) is 6.72. The van der Waals surface area contributed by atoms with Crippen molar-refractivity contribution in [2.24, 2.45) is 7.05 Å². The second kappa shape index (κ2) is 7.74. The second-order valence-corrected chi connectivity index (χ2v) is 6.72. The van der Waals surface area contributed by atoms with Gasteiger partial charge in [-0.25, -0.2) is 4.98 Å². The monoisotopic (exact) mass is 405 g/mol. The summed E-state index contributed by atoms with van der Waals surface area (Å²) in [4.78, 5) is 8.43. The fourth-order valence-corrected chi connectivity index (χ4v) is 3.12.